The second-order valence-corrected chi connectivity index (χ2v) is 6.32. The second kappa shape index (κ2) is 7.42. The van der Waals surface area contributed by atoms with Crippen LogP contribution in [0.4, 0.5) is 0 Å². The molecule has 1 saturated heterocycles. The predicted molar refractivity (Wildman–Crippen MR) is 91.6 cm³/mol. The van der Waals surface area contributed by atoms with Crippen LogP contribution in [0, 0.1) is 0 Å². The Bertz CT molecular complexity index is 611. The van der Waals surface area contributed by atoms with E-state index in [1.54, 1.807) is 6.20 Å². The molecule has 0 aliphatic carbocycles. The van der Waals surface area contributed by atoms with Crippen LogP contribution < -0.4 is 5.32 Å². The van der Waals surface area contributed by atoms with Crippen molar-refractivity contribution in [1.29, 1.82) is 0 Å². The summed E-state index contributed by atoms with van der Waals surface area (Å²) >= 11 is 12.3. The highest BCUT2D eigenvalue weighted by molar-refractivity contribution is 6.42. The maximum absolute atomic E-state index is 6.24. The Labute approximate surface area is 141 Å². The van der Waals surface area contributed by atoms with Gasteiger partial charge in [-0.25, -0.2) is 0 Å². The van der Waals surface area contributed by atoms with Gasteiger partial charge in [0.2, 0.25) is 0 Å². The topological polar surface area (TPSA) is 28.2 Å². The van der Waals surface area contributed by atoms with Gasteiger partial charge in [-0.3, -0.25) is 9.88 Å². The monoisotopic (exact) mass is 335 g/mol. The minimum atomic E-state index is 0.156. The fourth-order valence-electron chi connectivity index (χ4n) is 2.96. The Morgan fingerprint density at radius 1 is 1.05 bits per heavy atom. The first-order chi connectivity index (χ1) is 10.8. The van der Waals surface area contributed by atoms with E-state index in [0.717, 1.165) is 38.2 Å². The molecule has 3 rings (SSSR count). The number of aromatic nitrogens is 1. The number of nitrogens with zero attached hydrogens (tertiary/aromatic N) is 2. The summed E-state index contributed by atoms with van der Waals surface area (Å²) in [5, 5.41) is 4.64. The normalized spacial score (nSPS) is 17.9. The van der Waals surface area contributed by atoms with Crippen molar-refractivity contribution < 1.29 is 0 Å². The number of rotatable bonds is 3. The summed E-state index contributed by atoms with van der Waals surface area (Å²) in [5.74, 6) is 0. The van der Waals surface area contributed by atoms with Crippen molar-refractivity contribution in [3.8, 4) is 0 Å². The van der Waals surface area contributed by atoms with E-state index in [0.29, 0.717) is 10.0 Å². The summed E-state index contributed by atoms with van der Waals surface area (Å²) in [4.78, 5) is 6.77. The molecule has 1 fully saturated rings. The Morgan fingerprint density at radius 2 is 1.95 bits per heavy atom. The number of benzene rings is 1. The second-order valence-electron chi connectivity index (χ2n) is 5.50. The number of nitrogens with one attached hydrogen (secondary N) is 1. The van der Waals surface area contributed by atoms with Crippen LogP contribution in [-0.4, -0.2) is 36.1 Å². The van der Waals surface area contributed by atoms with Gasteiger partial charge in [0.1, 0.15) is 0 Å². The van der Waals surface area contributed by atoms with Gasteiger partial charge in [0.15, 0.2) is 0 Å². The molecule has 5 heteroatoms. The van der Waals surface area contributed by atoms with Gasteiger partial charge < -0.3 is 5.32 Å². The predicted octanol–water partition coefficient (Wildman–Crippen LogP) is 3.77. The van der Waals surface area contributed by atoms with Gasteiger partial charge in [-0.1, -0.05) is 35.3 Å². The van der Waals surface area contributed by atoms with Crippen LogP contribution in [0.2, 0.25) is 10.0 Å². The maximum atomic E-state index is 6.24. The van der Waals surface area contributed by atoms with Crippen molar-refractivity contribution in [2.45, 2.75) is 12.5 Å². The summed E-state index contributed by atoms with van der Waals surface area (Å²) < 4.78 is 0. The van der Waals surface area contributed by atoms with Gasteiger partial charge in [0, 0.05) is 32.0 Å². The van der Waals surface area contributed by atoms with E-state index in [9.17, 15) is 0 Å². The SMILES string of the molecule is Clc1ccc(C(c2cccnc2)N2CCCNCC2)cc1Cl. The summed E-state index contributed by atoms with van der Waals surface area (Å²) in [6.45, 7) is 4.11. The summed E-state index contributed by atoms with van der Waals surface area (Å²) in [5.41, 5.74) is 2.34. The molecule has 1 N–H and O–H groups in total. The third kappa shape index (κ3) is 3.61. The van der Waals surface area contributed by atoms with Crippen LogP contribution in [0.5, 0.6) is 0 Å². The zero-order chi connectivity index (χ0) is 15.4. The molecule has 3 nitrogen and oxygen atoms in total. The van der Waals surface area contributed by atoms with Crippen molar-refractivity contribution in [2.75, 3.05) is 26.2 Å². The first-order valence-corrected chi connectivity index (χ1v) is 8.31. The third-order valence-corrected chi connectivity index (χ3v) is 4.74. The van der Waals surface area contributed by atoms with Crippen LogP contribution >= 0.6 is 23.2 Å². The van der Waals surface area contributed by atoms with Crippen LogP contribution in [0.15, 0.2) is 42.7 Å². The summed E-state index contributed by atoms with van der Waals surface area (Å²) in [6.07, 6.45) is 4.88. The maximum Gasteiger partial charge on any atom is 0.0618 e. The van der Waals surface area contributed by atoms with Crippen molar-refractivity contribution >= 4 is 23.2 Å². The molecule has 1 aliphatic rings. The molecular weight excluding hydrogens is 317 g/mol. The van der Waals surface area contributed by atoms with Gasteiger partial charge in [0.05, 0.1) is 16.1 Å². The quantitative estimate of drug-likeness (QED) is 0.925. The van der Waals surface area contributed by atoms with Crippen LogP contribution in [-0.2, 0) is 0 Å². The van der Waals surface area contributed by atoms with Gasteiger partial charge in [0.25, 0.3) is 0 Å². The minimum Gasteiger partial charge on any atom is -0.315 e. The first-order valence-electron chi connectivity index (χ1n) is 7.55. The number of hydrogen-bond acceptors (Lipinski definition) is 3. The average Bonchev–Trinajstić information content (AvgIpc) is 2.81. The van der Waals surface area contributed by atoms with Crippen molar-refractivity contribution in [3.05, 3.63) is 63.9 Å². The van der Waals surface area contributed by atoms with Crippen LogP contribution in [0.25, 0.3) is 0 Å². The van der Waals surface area contributed by atoms with Crippen LogP contribution in [0.3, 0.4) is 0 Å². The Balaban J connectivity index is 1.99. The number of hydrogen-bond donors (Lipinski definition) is 1. The average molecular weight is 336 g/mol. The lowest BCUT2D eigenvalue weighted by molar-refractivity contribution is 0.241. The van der Waals surface area contributed by atoms with Gasteiger partial charge in [-0.2, -0.15) is 0 Å². The van der Waals surface area contributed by atoms with Gasteiger partial charge in [-0.15, -0.1) is 0 Å². The molecule has 0 bridgehead atoms. The zero-order valence-electron chi connectivity index (χ0n) is 12.3. The molecule has 116 valence electrons. The fraction of sp³-hybridized carbons (Fsp3) is 0.353. The van der Waals surface area contributed by atoms with Crippen LogP contribution in [0.1, 0.15) is 23.6 Å². The molecule has 1 aliphatic heterocycles. The standard InChI is InChI=1S/C17H19Cl2N3/c18-15-5-4-13(11-16(15)19)17(14-3-1-6-21-12-14)22-9-2-7-20-8-10-22/h1,3-6,11-12,17,20H,2,7-10H2. The van der Waals surface area contributed by atoms with Crippen molar-refractivity contribution in [2.24, 2.45) is 0 Å². The fourth-order valence-corrected chi connectivity index (χ4v) is 3.27. The Morgan fingerprint density at radius 3 is 2.73 bits per heavy atom. The molecule has 1 aromatic heterocycles. The van der Waals surface area contributed by atoms with E-state index < -0.39 is 0 Å². The molecule has 22 heavy (non-hydrogen) atoms. The van der Waals surface area contributed by atoms with Crippen molar-refractivity contribution in [1.82, 2.24) is 15.2 Å². The molecule has 0 amide bonds. The number of halogens is 2. The highest BCUT2D eigenvalue weighted by atomic mass is 35.5. The highest BCUT2D eigenvalue weighted by Crippen LogP contribution is 2.32. The van der Waals surface area contributed by atoms with E-state index in [-0.39, 0.29) is 6.04 Å². The van der Waals surface area contributed by atoms with Gasteiger partial charge in [-0.05, 0) is 42.3 Å². The Kier molecular flexibility index (Phi) is 5.32. The summed E-state index contributed by atoms with van der Waals surface area (Å²) in [6, 6.07) is 10.2. The molecular formula is C17H19Cl2N3. The highest BCUT2D eigenvalue weighted by Gasteiger charge is 2.23. The molecule has 0 radical (unpaired) electrons. The van der Waals surface area contributed by atoms with E-state index >= 15 is 0 Å². The molecule has 1 atom stereocenters. The molecule has 0 saturated carbocycles. The molecule has 1 aromatic carbocycles. The molecule has 1 unspecified atom stereocenters. The van der Waals surface area contributed by atoms with E-state index in [4.69, 9.17) is 23.2 Å². The minimum absolute atomic E-state index is 0.156. The molecule has 0 spiro atoms. The van der Waals surface area contributed by atoms with Crippen molar-refractivity contribution in [3.63, 3.8) is 0 Å². The smallest absolute Gasteiger partial charge is 0.0618 e. The lowest BCUT2D eigenvalue weighted by atomic mass is 9.98. The van der Waals surface area contributed by atoms with E-state index in [1.807, 2.05) is 24.4 Å². The third-order valence-electron chi connectivity index (χ3n) is 4.00. The molecule has 2 aromatic rings. The first kappa shape index (κ1) is 15.8. The number of pyridine rings is 1. The molecule has 2 heterocycles. The van der Waals surface area contributed by atoms with Gasteiger partial charge >= 0.3 is 0 Å². The zero-order valence-corrected chi connectivity index (χ0v) is 13.8. The van der Waals surface area contributed by atoms with E-state index in [1.165, 1.54) is 5.56 Å². The largest absolute Gasteiger partial charge is 0.315 e. The lowest BCUT2D eigenvalue weighted by Crippen LogP contribution is -2.33. The Hall–Kier alpha value is -1.13. The summed E-state index contributed by atoms with van der Waals surface area (Å²) in [7, 11) is 0. The van der Waals surface area contributed by atoms with E-state index in [2.05, 4.69) is 27.3 Å². The lowest BCUT2D eigenvalue weighted by Gasteiger charge is -2.31.